The minimum absolute atomic E-state index is 0.0602. The van der Waals surface area contributed by atoms with Crippen molar-refractivity contribution < 1.29 is 17.6 Å². The van der Waals surface area contributed by atoms with E-state index in [1.54, 1.807) is 12.1 Å². The molecule has 0 radical (unpaired) electrons. The number of nitrogens with one attached hydrogen (secondary N) is 1. The lowest BCUT2D eigenvalue weighted by Crippen LogP contribution is -2.50. The van der Waals surface area contributed by atoms with Gasteiger partial charge in [0.25, 0.3) is 0 Å². The van der Waals surface area contributed by atoms with Crippen molar-refractivity contribution >= 4 is 33.2 Å². The van der Waals surface area contributed by atoms with Crippen LogP contribution in [0.2, 0.25) is 5.02 Å². The van der Waals surface area contributed by atoms with Crippen LogP contribution in [0.15, 0.2) is 47.4 Å². The lowest BCUT2D eigenvalue weighted by molar-refractivity contribution is -0.117. The molecule has 0 aliphatic carbocycles. The molecule has 2 aromatic carbocycles. The topological polar surface area (TPSA) is 69.7 Å². The van der Waals surface area contributed by atoms with E-state index < -0.39 is 15.8 Å². The predicted molar refractivity (Wildman–Crippen MR) is 106 cm³/mol. The van der Waals surface area contributed by atoms with Crippen LogP contribution in [-0.4, -0.2) is 56.3 Å². The van der Waals surface area contributed by atoms with Gasteiger partial charge in [0.2, 0.25) is 15.9 Å². The molecule has 6 nitrogen and oxygen atoms in total. The first-order chi connectivity index (χ1) is 13.3. The smallest absolute Gasteiger partial charge is 0.243 e. The number of hydrogen-bond acceptors (Lipinski definition) is 4. The molecule has 1 aliphatic rings. The molecule has 150 valence electrons. The zero-order valence-electron chi connectivity index (χ0n) is 15.4. The van der Waals surface area contributed by atoms with Crippen LogP contribution >= 0.6 is 11.6 Å². The molecule has 1 amide bonds. The lowest BCUT2D eigenvalue weighted by atomic mass is 10.2. The summed E-state index contributed by atoms with van der Waals surface area (Å²) in [6, 6.07) is 10.3. The summed E-state index contributed by atoms with van der Waals surface area (Å²) < 4.78 is 39.9. The van der Waals surface area contributed by atoms with Gasteiger partial charge in [-0.1, -0.05) is 23.7 Å². The third-order valence-electron chi connectivity index (χ3n) is 4.59. The highest BCUT2D eigenvalue weighted by Crippen LogP contribution is 2.21. The van der Waals surface area contributed by atoms with Crippen LogP contribution in [0, 0.1) is 12.7 Å². The molecule has 1 heterocycles. The summed E-state index contributed by atoms with van der Waals surface area (Å²) >= 11 is 6.06. The molecular weight excluding hydrogens is 405 g/mol. The van der Waals surface area contributed by atoms with E-state index in [0.29, 0.717) is 23.8 Å². The third-order valence-corrected chi connectivity index (χ3v) is 6.89. The van der Waals surface area contributed by atoms with E-state index in [9.17, 15) is 17.6 Å². The van der Waals surface area contributed by atoms with Crippen molar-refractivity contribution in [1.82, 2.24) is 9.21 Å². The highest BCUT2D eigenvalue weighted by Gasteiger charge is 2.29. The average molecular weight is 426 g/mol. The second-order valence-electron chi connectivity index (χ2n) is 6.65. The quantitative estimate of drug-likeness (QED) is 0.799. The molecule has 1 N–H and O–H groups in total. The number of rotatable bonds is 5. The van der Waals surface area contributed by atoms with Gasteiger partial charge in [0.1, 0.15) is 5.82 Å². The maximum atomic E-state index is 13.4. The van der Waals surface area contributed by atoms with Gasteiger partial charge < -0.3 is 5.32 Å². The first kappa shape index (κ1) is 20.7. The van der Waals surface area contributed by atoms with E-state index in [-0.39, 0.29) is 30.4 Å². The summed E-state index contributed by atoms with van der Waals surface area (Å²) in [5, 5.41) is 3.37. The van der Waals surface area contributed by atoms with E-state index in [1.165, 1.54) is 22.5 Å². The fourth-order valence-corrected chi connectivity index (χ4v) is 4.61. The van der Waals surface area contributed by atoms with Crippen LogP contribution in [-0.2, 0) is 14.8 Å². The summed E-state index contributed by atoms with van der Waals surface area (Å²) in [5.41, 5.74) is 1.54. The van der Waals surface area contributed by atoms with Gasteiger partial charge in [0.05, 0.1) is 11.4 Å². The van der Waals surface area contributed by atoms with Crippen LogP contribution < -0.4 is 5.32 Å². The number of anilines is 1. The number of halogens is 2. The minimum Gasteiger partial charge on any atom is -0.325 e. The van der Waals surface area contributed by atoms with Gasteiger partial charge in [-0.3, -0.25) is 9.69 Å². The van der Waals surface area contributed by atoms with E-state index in [4.69, 9.17) is 11.6 Å². The maximum absolute atomic E-state index is 13.4. The van der Waals surface area contributed by atoms with Crippen molar-refractivity contribution in [2.75, 3.05) is 38.0 Å². The summed E-state index contributed by atoms with van der Waals surface area (Å²) in [6.07, 6.45) is 0. The Bertz CT molecular complexity index is 976. The molecule has 1 aliphatic heterocycles. The highest BCUT2D eigenvalue weighted by molar-refractivity contribution is 7.89. The van der Waals surface area contributed by atoms with Crippen LogP contribution in [0.3, 0.4) is 0 Å². The molecule has 9 heteroatoms. The Labute approximate surface area is 168 Å². The zero-order valence-corrected chi connectivity index (χ0v) is 16.9. The fraction of sp³-hybridized carbons (Fsp3) is 0.316. The summed E-state index contributed by atoms with van der Waals surface area (Å²) in [5.74, 6) is -0.783. The molecule has 2 aromatic rings. The number of carbonyl (C=O) groups excluding carboxylic acids is 1. The number of hydrogen-bond donors (Lipinski definition) is 1. The van der Waals surface area contributed by atoms with Gasteiger partial charge in [-0.2, -0.15) is 4.31 Å². The Morgan fingerprint density at radius 3 is 2.50 bits per heavy atom. The Morgan fingerprint density at radius 2 is 1.86 bits per heavy atom. The molecule has 28 heavy (non-hydrogen) atoms. The van der Waals surface area contributed by atoms with Crippen LogP contribution in [0.5, 0.6) is 0 Å². The van der Waals surface area contributed by atoms with Crippen LogP contribution in [0.1, 0.15) is 5.56 Å². The van der Waals surface area contributed by atoms with Gasteiger partial charge in [-0.05, 0) is 42.8 Å². The normalized spacial score (nSPS) is 16.1. The van der Waals surface area contributed by atoms with Crippen molar-refractivity contribution in [3.8, 4) is 0 Å². The largest absolute Gasteiger partial charge is 0.325 e. The Balaban J connectivity index is 1.55. The van der Waals surface area contributed by atoms with E-state index in [1.807, 2.05) is 17.9 Å². The summed E-state index contributed by atoms with van der Waals surface area (Å²) in [6.45, 7) is 3.34. The molecule has 1 saturated heterocycles. The monoisotopic (exact) mass is 425 g/mol. The first-order valence-corrected chi connectivity index (χ1v) is 10.6. The van der Waals surface area contributed by atoms with Crippen molar-refractivity contribution in [2.45, 2.75) is 11.8 Å². The summed E-state index contributed by atoms with van der Waals surface area (Å²) in [7, 11) is -3.74. The average Bonchev–Trinajstić information content (AvgIpc) is 2.65. The van der Waals surface area contributed by atoms with Gasteiger partial charge in [0, 0.05) is 36.9 Å². The van der Waals surface area contributed by atoms with Crippen molar-refractivity contribution in [3.63, 3.8) is 0 Å². The number of aryl methyl sites for hydroxylation is 1. The molecule has 0 saturated carbocycles. The van der Waals surface area contributed by atoms with Crippen molar-refractivity contribution in [1.29, 1.82) is 0 Å². The lowest BCUT2D eigenvalue weighted by Gasteiger charge is -2.33. The number of amides is 1. The fourth-order valence-electron chi connectivity index (χ4n) is 2.98. The van der Waals surface area contributed by atoms with Gasteiger partial charge in [-0.15, -0.1) is 0 Å². The van der Waals surface area contributed by atoms with Crippen LogP contribution in [0.25, 0.3) is 0 Å². The number of carbonyl (C=O) groups is 1. The van der Waals surface area contributed by atoms with Gasteiger partial charge >= 0.3 is 0 Å². The van der Waals surface area contributed by atoms with E-state index in [2.05, 4.69) is 5.32 Å². The molecular formula is C19H21ClFN3O3S. The molecule has 0 aromatic heterocycles. The Morgan fingerprint density at radius 1 is 1.14 bits per heavy atom. The number of nitrogens with zero attached hydrogens (tertiary/aromatic N) is 2. The first-order valence-electron chi connectivity index (χ1n) is 8.80. The van der Waals surface area contributed by atoms with E-state index in [0.717, 1.165) is 11.6 Å². The highest BCUT2D eigenvalue weighted by atomic mass is 35.5. The Kier molecular flexibility index (Phi) is 6.34. The number of piperazine rings is 1. The molecule has 0 spiro atoms. The van der Waals surface area contributed by atoms with E-state index >= 15 is 0 Å². The SMILES string of the molecule is Cc1ccc(NC(=O)CN2CCN(S(=O)(=O)c3cccc(F)c3)CC2)cc1Cl. The second kappa shape index (κ2) is 8.57. The number of benzene rings is 2. The number of sulfonamides is 1. The summed E-state index contributed by atoms with van der Waals surface area (Å²) in [4.78, 5) is 14.1. The molecule has 0 atom stereocenters. The zero-order chi connectivity index (χ0) is 20.3. The van der Waals surface area contributed by atoms with Gasteiger partial charge in [-0.25, -0.2) is 12.8 Å². The predicted octanol–water partition coefficient (Wildman–Crippen LogP) is 2.73. The Hall–Kier alpha value is -2.00. The maximum Gasteiger partial charge on any atom is 0.243 e. The third kappa shape index (κ3) is 4.88. The van der Waals surface area contributed by atoms with Crippen molar-refractivity contribution in [3.05, 3.63) is 58.9 Å². The van der Waals surface area contributed by atoms with Gasteiger partial charge in [0.15, 0.2) is 0 Å². The standard InChI is InChI=1S/C19H21ClFN3O3S/c1-14-5-6-16(12-18(14)20)22-19(25)13-23-7-9-24(10-8-23)28(26,27)17-4-2-3-15(21)11-17/h2-6,11-12H,7-10,13H2,1H3,(H,22,25). The molecule has 3 rings (SSSR count). The molecule has 1 fully saturated rings. The van der Waals surface area contributed by atoms with Crippen LogP contribution in [0.4, 0.5) is 10.1 Å². The molecule has 0 bridgehead atoms. The molecule has 0 unspecified atom stereocenters. The minimum atomic E-state index is -3.74. The second-order valence-corrected chi connectivity index (χ2v) is 8.99. The van der Waals surface area contributed by atoms with Crippen molar-refractivity contribution in [2.24, 2.45) is 0 Å².